The summed E-state index contributed by atoms with van der Waals surface area (Å²) in [5.74, 6) is -1.74. The van der Waals surface area contributed by atoms with Crippen molar-refractivity contribution in [2.24, 2.45) is 11.8 Å². The minimum Gasteiger partial charge on any atom is -0.440 e. The Hall–Kier alpha value is -3.10. The summed E-state index contributed by atoms with van der Waals surface area (Å²) in [7, 11) is 0. The number of benzene rings is 2. The van der Waals surface area contributed by atoms with Crippen molar-refractivity contribution in [1.29, 1.82) is 0 Å². The van der Waals surface area contributed by atoms with E-state index < -0.39 is 47.3 Å². The van der Waals surface area contributed by atoms with E-state index in [-0.39, 0.29) is 24.1 Å². The number of ketones is 1. The Morgan fingerprint density at radius 2 is 1.76 bits per heavy atom. The number of hydrogen-bond acceptors (Lipinski definition) is 5. The summed E-state index contributed by atoms with van der Waals surface area (Å²) in [6.07, 6.45) is -0.461. The van der Waals surface area contributed by atoms with E-state index in [2.05, 4.69) is 16.0 Å². The summed E-state index contributed by atoms with van der Waals surface area (Å²) in [6.45, 7) is 8.29. The SMILES string of the molecule is CC(C)CC(NC(=O)OC(c1ccccc1)C(C)(C)c1cccc(Cl)c1)C(=O)NC(CC1CCNC1=O)C(=O)CCl. The zero-order valence-electron chi connectivity index (χ0n) is 23.9. The molecule has 0 radical (unpaired) electrons. The van der Waals surface area contributed by atoms with E-state index in [0.29, 0.717) is 24.4 Å². The highest BCUT2D eigenvalue weighted by molar-refractivity contribution is 6.30. The first-order chi connectivity index (χ1) is 19.4. The Kier molecular flexibility index (Phi) is 11.6. The van der Waals surface area contributed by atoms with Crippen molar-refractivity contribution in [2.45, 2.75) is 70.6 Å². The van der Waals surface area contributed by atoms with Crippen molar-refractivity contribution in [3.63, 3.8) is 0 Å². The third-order valence-electron chi connectivity index (χ3n) is 7.39. The molecule has 1 aliphatic rings. The first kappa shape index (κ1) is 32.4. The van der Waals surface area contributed by atoms with Gasteiger partial charge < -0.3 is 20.7 Å². The molecule has 1 saturated heterocycles. The normalized spacial score (nSPS) is 17.3. The lowest BCUT2D eigenvalue weighted by Gasteiger charge is -2.35. The van der Waals surface area contributed by atoms with Gasteiger partial charge in [0.05, 0.1) is 11.9 Å². The highest BCUT2D eigenvalue weighted by Crippen LogP contribution is 2.40. The van der Waals surface area contributed by atoms with Gasteiger partial charge in [0, 0.05) is 22.9 Å². The number of carbonyl (C=O) groups excluding carboxylic acids is 4. The predicted octanol–water partition coefficient (Wildman–Crippen LogP) is 5.32. The van der Waals surface area contributed by atoms with Crippen LogP contribution in [-0.2, 0) is 24.5 Å². The molecule has 10 heteroatoms. The topological polar surface area (TPSA) is 114 Å². The second-order valence-electron chi connectivity index (χ2n) is 11.4. The van der Waals surface area contributed by atoms with Crippen molar-refractivity contribution in [2.75, 3.05) is 12.4 Å². The van der Waals surface area contributed by atoms with Crippen molar-refractivity contribution in [1.82, 2.24) is 16.0 Å². The Balaban J connectivity index is 1.81. The van der Waals surface area contributed by atoms with E-state index in [9.17, 15) is 19.2 Å². The number of ether oxygens (including phenoxy) is 1. The second-order valence-corrected chi connectivity index (χ2v) is 12.1. The van der Waals surface area contributed by atoms with E-state index >= 15 is 0 Å². The van der Waals surface area contributed by atoms with Crippen molar-refractivity contribution >= 4 is 46.9 Å². The maximum atomic E-state index is 13.4. The van der Waals surface area contributed by atoms with Gasteiger partial charge in [0.2, 0.25) is 11.8 Å². The molecule has 0 bridgehead atoms. The maximum absolute atomic E-state index is 13.4. The van der Waals surface area contributed by atoms with Gasteiger partial charge in [0.15, 0.2) is 5.78 Å². The number of carbonyl (C=O) groups is 4. The minimum absolute atomic E-state index is 0.0432. The fourth-order valence-corrected chi connectivity index (χ4v) is 5.45. The van der Waals surface area contributed by atoms with Gasteiger partial charge in [-0.15, -0.1) is 11.6 Å². The van der Waals surface area contributed by atoms with Gasteiger partial charge in [0.1, 0.15) is 12.1 Å². The van der Waals surface area contributed by atoms with Crippen LogP contribution in [0.2, 0.25) is 5.02 Å². The molecule has 0 aromatic heterocycles. The lowest BCUT2D eigenvalue weighted by Crippen LogP contribution is -2.53. The average Bonchev–Trinajstić information content (AvgIpc) is 3.34. The number of amides is 3. The van der Waals surface area contributed by atoms with Crippen molar-refractivity contribution in [3.05, 3.63) is 70.7 Å². The summed E-state index contributed by atoms with van der Waals surface area (Å²) in [5, 5.41) is 8.77. The number of rotatable bonds is 13. The van der Waals surface area contributed by atoms with E-state index in [1.54, 1.807) is 6.07 Å². The van der Waals surface area contributed by atoms with Crippen LogP contribution in [0.3, 0.4) is 0 Å². The molecule has 3 rings (SSSR count). The molecule has 1 aliphatic heterocycles. The molecule has 41 heavy (non-hydrogen) atoms. The van der Waals surface area contributed by atoms with Crippen LogP contribution < -0.4 is 16.0 Å². The first-order valence-corrected chi connectivity index (χ1v) is 14.8. The van der Waals surface area contributed by atoms with Crippen LogP contribution in [-0.4, -0.2) is 48.2 Å². The number of alkyl halides is 1. The van der Waals surface area contributed by atoms with Crippen molar-refractivity contribution < 1.29 is 23.9 Å². The molecule has 4 unspecified atom stereocenters. The zero-order valence-corrected chi connectivity index (χ0v) is 25.4. The number of alkyl carbamates (subject to hydrolysis) is 1. The Morgan fingerprint density at radius 3 is 2.34 bits per heavy atom. The van der Waals surface area contributed by atoms with Crippen LogP contribution in [0.25, 0.3) is 0 Å². The molecule has 0 aliphatic carbocycles. The largest absolute Gasteiger partial charge is 0.440 e. The molecule has 1 fully saturated rings. The van der Waals surface area contributed by atoms with Gasteiger partial charge >= 0.3 is 6.09 Å². The molecule has 0 spiro atoms. The molecule has 8 nitrogen and oxygen atoms in total. The Labute approximate surface area is 251 Å². The summed E-state index contributed by atoms with van der Waals surface area (Å²) in [4.78, 5) is 51.5. The van der Waals surface area contributed by atoms with Gasteiger partial charge in [-0.3, -0.25) is 14.4 Å². The van der Waals surface area contributed by atoms with E-state index in [1.165, 1.54) is 0 Å². The molecular formula is C31H39Cl2N3O5. The maximum Gasteiger partial charge on any atom is 0.408 e. The van der Waals surface area contributed by atoms with E-state index in [0.717, 1.165) is 11.1 Å². The van der Waals surface area contributed by atoms with Crippen LogP contribution in [0.5, 0.6) is 0 Å². The molecule has 2 aromatic carbocycles. The highest BCUT2D eigenvalue weighted by atomic mass is 35.5. The lowest BCUT2D eigenvalue weighted by atomic mass is 9.76. The van der Waals surface area contributed by atoms with Crippen LogP contribution in [0.1, 0.15) is 64.2 Å². The monoisotopic (exact) mass is 603 g/mol. The number of nitrogens with one attached hydrogen (secondary N) is 3. The molecule has 2 aromatic rings. The lowest BCUT2D eigenvalue weighted by molar-refractivity contribution is -0.129. The predicted molar refractivity (Wildman–Crippen MR) is 160 cm³/mol. The molecule has 4 atom stereocenters. The van der Waals surface area contributed by atoms with E-state index in [1.807, 2.05) is 76.2 Å². The van der Waals surface area contributed by atoms with Gasteiger partial charge in [-0.05, 0) is 48.4 Å². The fraction of sp³-hybridized carbons (Fsp3) is 0.484. The number of halogens is 2. The second kappa shape index (κ2) is 14.7. The quantitative estimate of drug-likeness (QED) is 0.268. The van der Waals surface area contributed by atoms with Crippen LogP contribution in [0.15, 0.2) is 54.6 Å². The summed E-state index contributed by atoms with van der Waals surface area (Å²) >= 11 is 12.1. The molecule has 222 valence electrons. The summed E-state index contributed by atoms with van der Waals surface area (Å²) in [6, 6.07) is 14.8. The van der Waals surface area contributed by atoms with Gasteiger partial charge in [-0.2, -0.15) is 0 Å². The molecule has 3 amide bonds. The van der Waals surface area contributed by atoms with E-state index in [4.69, 9.17) is 27.9 Å². The third kappa shape index (κ3) is 8.94. The summed E-state index contributed by atoms with van der Waals surface area (Å²) in [5.41, 5.74) is 0.973. The Bertz CT molecular complexity index is 1220. The molecule has 0 saturated carbocycles. The third-order valence-corrected chi connectivity index (χ3v) is 7.89. The molecule has 3 N–H and O–H groups in total. The van der Waals surface area contributed by atoms with Gasteiger partial charge in [-0.1, -0.05) is 81.8 Å². The van der Waals surface area contributed by atoms with Gasteiger partial charge in [0.25, 0.3) is 0 Å². The van der Waals surface area contributed by atoms with Crippen molar-refractivity contribution in [3.8, 4) is 0 Å². The molecule has 1 heterocycles. The Morgan fingerprint density at radius 1 is 1.05 bits per heavy atom. The number of Topliss-reactive ketones (excluding diaryl/α,β-unsaturated/α-hetero) is 1. The van der Waals surface area contributed by atoms with Crippen LogP contribution in [0.4, 0.5) is 4.79 Å². The molecular weight excluding hydrogens is 565 g/mol. The minimum atomic E-state index is -0.976. The van der Waals surface area contributed by atoms with Crippen LogP contribution >= 0.6 is 23.2 Å². The standard InChI is InChI=1S/C31H39Cl2N3O5/c1-19(2)15-25(29(39)35-24(26(37)18-32)16-21-13-14-34-28(21)38)36-30(40)41-27(20-9-6-5-7-10-20)31(3,4)22-11-8-12-23(33)17-22/h5-12,17,19,21,24-25,27H,13-16,18H2,1-4H3,(H,34,38)(H,35,39)(H,36,40). The summed E-state index contributed by atoms with van der Waals surface area (Å²) < 4.78 is 6.04. The smallest absolute Gasteiger partial charge is 0.408 e. The zero-order chi connectivity index (χ0) is 30.2. The van der Waals surface area contributed by atoms with Crippen LogP contribution in [0, 0.1) is 11.8 Å². The highest BCUT2D eigenvalue weighted by Gasteiger charge is 2.37. The average molecular weight is 605 g/mol. The van der Waals surface area contributed by atoms with Gasteiger partial charge in [-0.25, -0.2) is 4.79 Å². The first-order valence-electron chi connectivity index (χ1n) is 13.9. The fourth-order valence-electron chi connectivity index (χ4n) is 5.08. The number of hydrogen-bond donors (Lipinski definition) is 3.